The van der Waals surface area contributed by atoms with E-state index >= 15 is 0 Å². The van der Waals surface area contributed by atoms with Crippen LogP contribution in [0.5, 0.6) is 0 Å². The van der Waals surface area contributed by atoms with Gasteiger partial charge in [-0.1, -0.05) is 23.8 Å². The summed E-state index contributed by atoms with van der Waals surface area (Å²) in [6, 6.07) is 10.2. The van der Waals surface area contributed by atoms with E-state index in [0.29, 0.717) is 24.5 Å². The van der Waals surface area contributed by atoms with Crippen molar-refractivity contribution in [2.24, 2.45) is 11.8 Å². The van der Waals surface area contributed by atoms with E-state index in [1.807, 2.05) is 0 Å². The maximum absolute atomic E-state index is 9.80. The molecule has 4 heterocycles. The van der Waals surface area contributed by atoms with Crippen molar-refractivity contribution in [2.45, 2.75) is 31.3 Å². The molecule has 4 aliphatic rings. The maximum atomic E-state index is 9.80. The highest BCUT2D eigenvalue weighted by molar-refractivity contribution is 14.1. The van der Waals surface area contributed by atoms with Gasteiger partial charge in [-0.05, 0) is 65.5 Å². The van der Waals surface area contributed by atoms with Gasteiger partial charge in [0.15, 0.2) is 0 Å². The molecule has 1 aromatic rings. The zero-order valence-electron chi connectivity index (χ0n) is 11.5. The number of aliphatic hydroxyl groups excluding tert-OH is 1. The second-order valence-electron chi connectivity index (χ2n) is 6.43. The summed E-state index contributed by atoms with van der Waals surface area (Å²) in [6.07, 6.45) is 6.27. The quantitative estimate of drug-likeness (QED) is 0.796. The highest BCUT2D eigenvalue weighted by atomic mass is 127. The van der Waals surface area contributed by atoms with Gasteiger partial charge < -0.3 is 5.11 Å². The summed E-state index contributed by atoms with van der Waals surface area (Å²) in [5.41, 5.74) is 2.85. The molecule has 0 aromatic heterocycles. The Morgan fingerprint density at radius 2 is 2.05 bits per heavy atom. The fourth-order valence-corrected chi connectivity index (χ4v) is 4.95. The van der Waals surface area contributed by atoms with Crippen LogP contribution in [-0.2, 0) is 0 Å². The molecule has 5 atom stereocenters. The third kappa shape index (κ3) is 2.06. The lowest BCUT2D eigenvalue weighted by Crippen LogP contribution is -2.56. The van der Waals surface area contributed by atoms with Crippen LogP contribution in [-0.4, -0.2) is 35.2 Å². The number of hydrogen-bond donors (Lipinski definition) is 1. The summed E-state index contributed by atoms with van der Waals surface area (Å²) < 4.78 is 1.28. The Kier molecular flexibility index (Phi) is 3.39. The van der Waals surface area contributed by atoms with Crippen LogP contribution < -0.4 is 0 Å². The number of benzene rings is 1. The molecule has 0 radical (unpaired) electrons. The highest BCUT2D eigenvalue weighted by Gasteiger charge is 2.51. The monoisotopic (exact) mass is 381 g/mol. The molecule has 1 aromatic carbocycles. The molecule has 4 fully saturated rings. The molecule has 4 saturated heterocycles. The molecule has 1 N–H and O–H groups in total. The fraction of sp³-hybridized carbons (Fsp3) is 0.529. The van der Waals surface area contributed by atoms with Crippen molar-refractivity contribution in [3.8, 4) is 0 Å². The SMILES string of the molecule is OC[C@H]1[C@@H]2C[C@@H]3CC[C@H]1N3C/C2=C\c1ccc(I)cc1. The van der Waals surface area contributed by atoms with Crippen molar-refractivity contribution in [3.63, 3.8) is 0 Å². The van der Waals surface area contributed by atoms with Crippen molar-refractivity contribution in [3.05, 3.63) is 39.0 Å². The lowest BCUT2D eigenvalue weighted by atomic mass is 9.71. The van der Waals surface area contributed by atoms with Crippen LogP contribution in [0.25, 0.3) is 6.08 Å². The minimum absolute atomic E-state index is 0.350. The molecule has 5 rings (SSSR count). The van der Waals surface area contributed by atoms with Crippen LogP contribution in [0, 0.1) is 15.4 Å². The summed E-state index contributed by atoms with van der Waals surface area (Å²) in [4.78, 5) is 2.67. The molecular weight excluding hydrogens is 361 g/mol. The topological polar surface area (TPSA) is 23.5 Å². The third-order valence-corrected chi connectivity index (χ3v) is 6.22. The Morgan fingerprint density at radius 1 is 1.25 bits per heavy atom. The van der Waals surface area contributed by atoms with Crippen LogP contribution in [0.15, 0.2) is 29.8 Å². The Morgan fingerprint density at radius 3 is 2.80 bits per heavy atom. The second kappa shape index (κ2) is 5.11. The maximum Gasteiger partial charge on any atom is 0.0480 e. The predicted octanol–water partition coefficient (Wildman–Crippen LogP) is 3.15. The van der Waals surface area contributed by atoms with E-state index in [9.17, 15) is 5.11 Å². The molecule has 1 unspecified atom stereocenters. The van der Waals surface area contributed by atoms with E-state index in [1.54, 1.807) is 5.57 Å². The lowest BCUT2D eigenvalue weighted by molar-refractivity contribution is -0.000634. The number of fused-ring (bicyclic) bond motifs is 1. The fourth-order valence-electron chi connectivity index (χ4n) is 4.59. The van der Waals surface area contributed by atoms with Crippen molar-refractivity contribution in [1.82, 2.24) is 4.90 Å². The smallest absolute Gasteiger partial charge is 0.0480 e. The number of hydrogen-bond acceptors (Lipinski definition) is 2. The van der Waals surface area contributed by atoms with Crippen LogP contribution >= 0.6 is 22.6 Å². The van der Waals surface area contributed by atoms with Gasteiger partial charge >= 0.3 is 0 Å². The zero-order chi connectivity index (χ0) is 13.7. The standard InChI is InChI=1S/C17H20INO/c18-13-3-1-11(2-4-13)7-12-9-19-14-5-6-17(19)16(10-20)15(12)8-14/h1-4,7,14-17,20H,5-6,8-10H2/b12-7+/t14-,15+,16-,17+/m0/s1. The van der Waals surface area contributed by atoms with Gasteiger partial charge in [-0.3, -0.25) is 4.90 Å². The van der Waals surface area contributed by atoms with E-state index < -0.39 is 0 Å². The first kappa shape index (κ1) is 13.3. The van der Waals surface area contributed by atoms with Crippen molar-refractivity contribution in [2.75, 3.05) is 13.2 Å². The average Bonchev–Trinajstić information content (AvgIpc) is 2.78. The van der Waals surface area contributed by atoms with Crippen LogP contribution in [0.4, 0.5) is 0 Å². The average molecular weight is 381 g/mol. The van der Waals surface area contributed by atoms with Crippen molar-refractivity contribution >= 4 is 28.7 Å². The first-order valence-electron chi connectivity index (χ1n) is 7.59. The first-order valence-corrected chi connectivity index (χ1v) is 8.67. The second-order valence-corrected chi connectivity index (χ2v) is 7.68. The number of halogens is 1. The molecule has 3 heteroatoms. The molecule has 2 nitrogen and oxygen atoms in total. The number of aliphatic hydroxyl groups is 1. The molecule has 0 spiro atoms. The van der Waals surface area contributed by atoms with Gasteiger partial charge in [0.1, 0.15) is 0 Å². The first-order chi connectivity index (χ1) is 9.76. The molecular formula is C17H20INO. The van der Waals surface area contributed by atoms with Crippen LogP contribution in [0.3, 0.4) is 0 Å². The van der Waals surface area contributed by atoms with Crippen molar-refractivity contribution < 1.29 is 5.11 Å². The van der Waals surface area contributed by atoms with E-state index in [1.165, 1.54) is 28.4 Å². The van der Waals surface area contributed by atoms with Gasteiger partial charge in [0, 0.05) is 34.7 Å². The van der Waals surface area contributed by atoms with Crippen molar-refractivity contribution in [1.29, 1.82) is 0 Å². The summed E-state index contributed by atoms with van der Waals surface area (Å²) in [7, 11) is 0. The van der Waals surface area contributed by atoms with Crippen LogP contribution in [0.2, 0.25) is 0 Å². The Bertz CT molecular complexity index is 538. The number of nitrogens with zero attached hydrogens (tertiary/aromatic N) is 1. The Labute approximate surface area is 134 Å². The van der Waals surface area contributed by atoms with E-state index in [-0.39, 0.29) is 0 Å². The van der Waals surface area contributed by atoms with Gasteiger partial charge in [-0.2, -0.15) is 0 Å². The largest absolute Gasteiger partial charge is 0.396 e. The van der Waals surface area contributed by atoms with E-state index in [2.05, 4.69) is 57.8 Å². The van der Waals surface area contributed by atoms with Gasteiger partial charge in [0.2, 0.25) is 0 Å². The molecule has 0 aliphatic carbocycles. The van der Waals surface area contributed by atoms with E-state index in [0.717, 1.165) is 12.6 Å². The molecule has 0 saturated carbocycles. The number of piperidine rings is 3. The summed E-state index contributed by atoms with van der Waals surface area (Å²) >= 11 is 2.35. The molecule has 4 aliphatic heterocycles. The van der Waals surface area contributed by atoms with E-state index in [4.69, 9.17) is 0 Å². The van der Waals surface area contributed by atoms with Gasteiger partial charge in [-0.15, -0.1) is 0 Å². The highest BCUT2D eigenvalue weighted by Crippen LogP contribution is 2.50. The summed E-state index contributed by atoms with van der Waals surface area (Å²) in [5, 5.41) is 9.80. The van der Waals surface area contributed by atoms with Gasteiger partial charge in [-0.25, -0.2) is 0 Å². The molecule has 106 valence electrons. The van der Waals surface area contributed by atoms with Gasteiger partial charge in [0.05, 0.1) is 0 Å². The zero-order valence-corrected chi connectivity index (χ0v) is 13.7. The Hall–Kier alpha value is -0.390. The molecule has 4 bridgehead atoms. The van der Waals surface area contributed by atoms with Crippen LogP contribution in [0.1, 0.15) is 24.8 Å². The number of rotatable bonds is 2. The Balaban J connectivity index is 1.65. The molecule has 0 amide bonds. The minimum Gasteiger partial charge on any atom is -0.396 e. The summed E-state index contributed by atoms with van der Waals surface area (Å²) in [5.74, 6) is 1.08. The lowest BCUT2D eigenvalue weighted by Gasteiger charge is -2.51. The third-order valence-electron chi connectivity index (χ3n) is 5.50. The predicted molar refractivity (Wildman–Crippen MR) is 89.3 cm³/mol. The normalized spacial score (nSPS) is 40.5. The van der Waals surface area contributed by atoms with Gasteiger partial charge in [0.25, 0.3) is 0 Å². The molecule has 20 heavy (non-hydrogen) atoms. The summed E-state index contributed by atoms with van der Waals surface area (Å²) in [6.45, 7) is 1.48. The minimum atomic E-state index is 0.350.